The van der Waals surface area contributed by atoms with Crippen molar-refractivity contribution in [2.24, 2.45) is 0 Å². The summed E-state index contributed by atoms with van der Waals surface area (Å²) in [6.45, 7) is 6.65. The van der Waals surface area contributed by atoms with Gasteiger partial charge in [-0.3, -0.25) is 14.4 Å². The first-order valence-electron chi connectivity index (χ1n) is 33.5. The topological polar surface area (TPSA) is 78.9 Å². The first-order chi connectivity index (χ1) is 37.0. The summed E-state index contributed by atoms with van der Waals surface area (Å²) in [4.78, 5) is 38.3. The van der Waals surface area contributed by atoms with Crippen LogP contribution in [0.25, 0.3) is 0 Å². The molecule has 0 aromatic carbocycles. The lowest BCUT2D eigenvalue weighted by molar-refractivity contribution is -0.167. The Labute approximate surface area is 467 Å². The Bertz CT molecular complexity index is 1250. The average molecular weight is 1050 g/mol. The van der Waals surface area contributed by atoms with E-state index in [2.05, 4.69) is 57.2 Å². The van der Waals surface area contributed by atoms with Crippen LogP contribution >= 0.6 is 0 Å². The Morgan fingerprint density at radius 3 is 0.707 bits per heavy atom. The third-order valence-corrected chi connectivity index (χ3v) is 15.1. The number of allylic oxidation sites excluding steroid dienone is 6. The number of ether oxygens (including phenoxy) is 3. The lowest BCUT2D eigenvalue weighted by Gasteiger charge is -2.18. The fraction of sp³-hybridized carbons (Fsp3) is 0.870. The van der Waals surface area contributed by atoms with Crippen molar-refractivity contribution in [1.82, 2.24) is 0 Å². The highest BCUT2D eigenvalue weighted by Crippen LogP contribution is 2.17. The molecular weight excluding hydrogens is 925 g/mol. The maximum absolute atomic E-state index is 12.9. The van der Waals surface area contributed by atoms with Gasteiger partial charge in [-0.05, 0) is 89.9 Å². The Morgan fingerprint density at radius 2 is 0.453 bits per heavy atom. The monoisotopic (exact) mass is 1050 g/mol. The molecule has 0 heterocycles. The van der Waals surface area contributed by atoms with Crippen molar-refractivity contribution in [2.75, 3.05) is 13.2 Å². The molecule has 0 amide bonds. The van der Waals surface area contributed by atoms with Gasteiger partial charge in [-0.15, -0.1) is 0 Å². The van der Waals surface area contributed by atoms with Crippen LogP contribution in [0.4, 0.5) is 0 Å². The van der Waals surface area contributed by atoms with Crippen LogP contribution in [0.1, 0.15) is 367 Å². The molecular formula is C69H128O6. The number of hydrogen-bond acceptors (Lipinski definition) is 6. The van der Waals surface area contributed by atoms with E-state index < -0.39 is 6.10 Å². The zero-order valence-electron chi connectivity index (χ0n) is 50.6. The van der Waals surface area contributed by atoms with Crippen molar-refractivity contribution in [2.45, 2.75) is 374 Å². The Hall–Kier alpha value is -2.37. The SMILES string of the molecule is CCCC/C=C\CCCCCCCC(=O)OCC(COC(=O)CCCCCCCCCCCCC/C=C\CCCCCCCCCC)OC(=O)CCCCCCCCCCCCC/C=C\CCCCCCCCCC. The van der Waals surface area contributed by atoms with Gasteiger partial charge in [0, 0.05) is 19.3 Å². The van der Waals surface area contributed by atoms with Gasteiger partial charge < -0.3 is 14.2 Å². The Balaban J connectivity index is 4.22. The van der Waals surface area contributed by atoms with Crippen molar-refractivity contribution in [3.8, 4) is 0 Å². The molecule has 0 saturated carbocycles. The van der Waals surface area contributed by atoms with Gasteiger partial charge in [0.2, 0.25) is 0 Å². The fourth-order valence-electron chi connectivity index (χ4n) is 10.0. The molecule has 1 unspecified atom stereocenters. The predicted molar refractivity (Wildman–Crippen MR) is 326 cm³/mol. The molecule has 6 nitrogen and oxygen atoms in total. The van der Waals surface area contributed by atoms with Crippen molar-refractivity contribution < 1.29 is 28.6 Å². The maximum atomic E-state index is 12.9. The number of unbranched alkanes of at least 4 members (excludes halogenated alkanes) is 45. The lowest BCUT2D eigenvalue weighted by atomic mass is 10.0. The number of esters is 3. The van der Waals surface area contributed by atoms with Crippen LogP contribution in [0.5, 0.6) is 0 Å². The van der Waals surface area contributed by atoms with Gasteiger partial charge in [-0.25, -0.2) is 0 Å². The fourth-order valence-corrected chi connectivity index (χ4v) is 10.0. The van der Waals surface area contributed by atoms with E-state index in [1.165, 1.54) is 263 Å². The Kier molecular flexibility index (Phi) is 62.1. The third kappa shape index (κ3) is 62.4. The van der Waals surface area contributed by atoms with Crippen LogP contribution in [0.15, 0.2) is 36.5 Å². The Morgan fingerprint density at radius 1 is 0.253 bits per heavy atom. The summed E-state index contributed by atoms with van der Waals surface area (Å²) in [6.07, 6.45) is 78.8. The molecule has 0 aliphatic heterocycles. The van der Waals surface area contributed by atoms with Gasteiger partial charge in [-0.2, -0.15) is 0 Å². The smallest absolute Gasteiger partial charge is 0.306 e. The highest BCUT2D eigenvalue weighted by Gasteiger charge is 2.19. The summed E-state index contributed by atoms with van der Waals surface area (Å²) >= 11 is 0. The van der Waals surface area contributed by atoms with Crippen molar-refractivity contribution >= 4 is 17.9 Å². The molecule has 0 radical (unpaired) electrons. The molecule has 75 heavy (non-hydrogen) atoms. The van der Waals surface area contributed by atoms with Gasteiger partial charge in [0.15, 0.2) is 6.10 Å². The minimum Gasteiger partial charge on any atom is -0.462 e. The van der Waals surface area contributed by atoms with Crippen molar-refractivity contribution in [1.29, 1.82) is 0 Å². The average Bonchev–Trinajstić information content (AvgIpc) is 3.41. The zero-order valence-corrected chi connectivity index (χ0v) is 50.6. The molecule has 440 valence electrons. The molecule has 0 saturated heterocycles. The molecule has 0 N–H and O–H groups in total. The first-order valence-corrected chi connectivity index (χ1v) is 33.5. The lowest BCUT2D eigenvalue weighted by Crippen LogP contribution is -2.30. The minimum absolute atomic E-state index is 0.0722. The van der Waals surface area contributed by atoms with Gasteiger partial charge in [0.25, 0.3) is 0 Å². The normalized spacial score (nSPS) is 12.2. The molecule has 0 fully saturated rings. The summed E-state index contributed by atoms with van der Waals surface area (Å²) in [5.41, 5.74) is 0. The second-order valence-corrected chi connectivity index (χ2v) is 22.7. The standard InChI is InChI=1S/C69H128O6/c1-4-7-10-13-16-19-22-24-26-28-30-32-34-36-38-40-42-44-47-50-53-56-59-62-68(71)74-65-66(64-73-67(70)61-58-55-52-49-46-21-18-15-12-9-6-3)75-69(72)63-60-57-54-51-48-45-43-41-39-37-35-33-31-29-27-25-23-20-17-14-11-8-5-2/h15,18,28-31,66H,4-14,16-17,19-27,32-65H2,1-3H3/b18-15-,30-28-,31-29-. The summed E-state index contributed by atoms with van der Waals surface area (Å²) in [7, 11) is 0. The van der Waals surface area contributed by atoms with E-state index in [1.54, 1.807) is 0 Å². The second kappa shape index (κ2) is 64.2. The number of hydrogen-bond donors (Lipinski definition) is 0. The minimum atomic E-state index is -0.775. The number of carbonyl (C=O) groups excluding carboxylic acids is 3. The van der Waals surface area contributed by atoms with E-state index in [4.69, 9.17) is 14.2 Å². The van der Waals surface area contributed by atoms with Crippen LogP contribution in [0, 0.1) is 0 Å². The van der Waals surface area contributed by atoms with Gasteiger partial charge in [0.05, 0.1) is 0 Å². The van der Waals surface area contributed by atoms with Gasteiger partial charge in [0.1, 0.15) is 13.2 Å². The number of carbonyl (C=O) groups is 3. The third-order valence-electron chi connectivity index (χ3n) is 15.1. The van der Waals surface area contributed by atoms with Gasteiger partial charge >= 0.3 is 17.9 Å². The molecule has 0 aromatic rings. The van der Waals surface area contributed by atoms with E-state index in [0.29, 0.717) is 19.3 Å². The first kappa shape index (κ1) is 72.6. The highest BCUT2D eigenvalue weighted by molar-refractivity contribution is 5.71. The molecule has 0 rings (SSSR count). The molecule has 0 bridgehead atoms. The molecule has 6 heteroatoms. The molecule has 0 spiro atoms. The van der Waals surface area contributed by atoms with Gasteiger partial charge in [-0.1, -0.05) is 295 Å². The molecule has 0 aromatic heterocycles. The maximum Gasteiger partial charge on any atom is 0.306 e. The van der Waals surface area contributed by atoms with Crippen LogP contribution in [-0.2, 0) is 28.6 Å². The quantitative estimate of drug-likeness (QED) is 0.0261. The summed E-state index contributed by atoms with van der Waals surface area (Å²) in [5.74, 6) is -0.861. The van der Waals surface area contributed by atoms with E-state index in [9.17, 15) is 14.4 Å². The molecule has 1 atom stereocenters. The predicted octanol–water partition coefficient (Wildman–Crippen LogP) is 22.8. The zero-order chi connectivity index (χ0) is 54.3. The van der Waals surface area contributed by atoms with Crippen LogP contribution < -0.4 is 0 Å². The van der Waals surface area contributed by atoms with E-state index in [-0.39, 0.29) is 31.1 Å². The highest BCUT2D eigenvalue weighted by atomic mass is 16.6. The summed E-state index contributed by atoms with van der Waals surface area (Å²) < 4.78 is 16.9. The summed E-state index contributed by atoms with van der Waals surface area (Å²) in [5, 5.41) is 0. The van der Waals surface area contributed by atoms with E-state index in [1.807, 2.05) is 0 Å². The largest absolute Gasteiger partial charge is 0.462 e. The van der Waals surface area contributed by atoms with E-state index in [0.717, 1.165) is 64.2 Å². The van der Waals surface area contributed by atoms with E-state index >= 15 is 0 Å². The number of rotatable bonds is 62. The van der Waals surface area contributed by atoms with Crippen LogP contribution in [-0.4, -0.2) is 37.2 Å². The second-order valence-electron chi connectivity index (χ2n) is 22.7. The molecule has 0 aliphatic carbocycles. The van der Waals surface area contributed by atoms with Crippen LogP contribution in [0.3, 0.4) is 0 Å². The molecule has 0 aliphatic rings. The van der Waals surface area contributed by atoms with Crippen molar-refractivity contribution in [3.63, 3.8) is 0 Å². The van der Waals surface area contributed by atoms with Crippen LogP contribution in [0.2, 0.25) is 0 Å². The summed E-state index contributed by atoms with van der Waals surface area (Å²) in [6, 6.07) is 0. The van der Waals surface area contributed by atoms with Crippen molar-refractivity contribution in [3.05, 3.63) is 36.5 Å².